The zero-order valence-corrected chi connectivity index (χ0v) is 12.3. The van der Waals surface area contributed by atoms with Crippen molar-refractivity contribution in [1.82, 2.24) is 10.3 Å². The molecule has 0 unspecified atom stereocenters. The third-order valence-electron chi connectivity index (χ3n) is 3.01. The zero-order valence-electron chi connectivity index (χ0n) is 12.3. The van der Waals surface area contributed by atoms with E-state index in [9.17, 15) is 19.7 Å². The number of nitro benzene ring substituents is 1. The van der Waals surface area contributed by atoms with Crippen molar-refractivity contribution in [2.24, 2.45) is 0 Å². The predicted molar refractivity (Wildman–Crippen MR) is 83.0 cm³/mol. The van der Waals surface area contributed by atoms with E-state index in [4.69, 9.17) is 0 Å². The van der Waals surface area contributed by atoms with Gasteiger partial charge in [0.1, 0.15) is 0 Å². The van der Waals surface area contributed by atoms with Gasteiger partial charge >= 0.3 is 0 Å². The second-order valence-corrected chi connectivity index (χ2v) is 4.73. The quantitative estimate of drug-likeness (QED) is 0.643. The average Bonchev–Trinajstić information content (AvgIpc) is 2.53. The summed E-state index contributed by atoms with van der Waals surface area (Å²) in [4.78, 5) is 37.8. The Labute approximate surface area is 131 Å². The van der Waals surface area contributed by atoms with Gasteiger partial charge in [-0.05, 0) is 31.2 Å². The van der Waals surface area contributed by atoms with Gasteiger partial charge in [0.2, 0.25) is 5.91 Å². The second-order valence-electron chi connectivity index (χ2n) is 4.73. The molecule has 0 saturated carbocycles. The van der Waals surface area contributed by atoms with E-state index in [-0.39, 0.29) is 17.8 Å². The summed E-state index contributed by atoms with van der Waals surface area (Å²) in [6, 6.07) is 7.37. The standard InChI is InChI=1S/C15H14N4O4/c1-10-7-11(4-5-13(10)19(22)23)15(21)17-9-14(20)18-12-3-2-6-16-8-12/h2-8H,9H2,1H3,(H,17,21)(H,18,20). The van der Waals surface area contributed by atoms with Crippen LogP contribution in [0, 0.1) is 17.0 Å². The first kappa shape index (κ1) is 16.1. The van der Waals surface area contributed by atoms with Gasteiger partial charge in [-0.15, -0.1) is 0 Å². The molecule has 0 radical (unpaired) electrons. The lowest BCUT2D eigenvalue weighted by Crippen LogP contribution is -2.32. The zero-order chi connectivity index (χ0) is 16.8. The van der Waals surface area contributed by atoms with Crippen LogP contribution in [0.2, 0.25) is 0 Å². The first-order valence-corrected chi connectivity index (χ1v) is 6.70. The van der Waals surface area contributed by atoms with Gasteiger partial charge in [-0.1, -0.05) is 0 Å². The summed E-state index contributed by atoms with van der Waals surface area (Å²) in [7, 11) is 0. The number of pyridine rings is 1. The molecule has 2 amide bonds. The Morgan fingerprint density at radius 2 is 2.09 bits per heavy atom. The SMILES string of the molecule is Cc1cc(C(=O)NCC(=O)Nc2cccnc2)ccc1[N+](=O)[O-]. The number of amides is 2. The molecule has 2 N–H and O–H groups in total. The number of nitrogens with zero attached hydrogens (tertiary/aromatic N) is 2. The van der Waals surface area contributed by atoms with Crippen molar-refractivity contribution in [2.45, 2.75) is 6.92 Å². The predicted octanol–water partition coefficient (Wildman–Crippen LogP) is 1.67. The summed E-state index contributed by atoms with van der Waals surface area (Å²) in [5.74, 6) is -0.880. The van der Waals surface area contributed by atoms with Crippen molar-refractivity contribution in [1.29, 1.82) is 0 Å². The fourth-order valence-electron chi connectivity index (χ4n) is 1.91. The first-order chi connectivity index (χ1) is 11.0. The third kappa shape index (κ3) is 4.34. The van der Waals surface area contributed by atoms with E-state index >= 15 is 0 Å². The van der Waals surface area contributed by atoms with Crippen LogP contribution >= 0.6 is 0 Å². The minimum Gasteiger partial charge on any atom is -0.343 e. The monoisotopic (exact) mass is 314 g/mol. The molecule has 2 rings (SSSR count). The van der Waals surface area contributed by atoms with Crippen LogP contribution in [0.3, 0.4) is 0 Å². The Kier molecular flexibility index (Phi) is 4.98. The number of carbonyl (C=O) groups is 2. The Hall–Kier alpha value is -3.29. The molecule has 0 aliphatic carbocycles. The molecular weight excluding hydrogens is 300 g/mol. The maximum atomic E-state index is 12.0. The van der Waals surface area contributed by atoms with Crippen molar-refractivity contribution in [3.05, 3.63) is 64.0 Å². The maximum absolute atomic E-state index is 12.0. The average molecular weight is 314 g/mol. The summed E-state index contributed by atoms with van der Waals surface area (Å²) in [6.45, 7) is 1.33. The van der Waals surface area contributed by atoms with E-state index < -0.39 is 16.7 Å². The summed E-state index contributed by atoms with van der Waals surface area (Å²) in [6.07, 6.45) is 3.06. The molecule has 0 saturated heterocycles. The van der Waals surface area contributed by atoms with E-state index in [1.165, 1.54) is 24.4 Å². The summed E-state index contributed by atoms with van der Waals surface area (Å²) in [5.41, 5.74) is 1.10. The van der Waals surface area contributed by atoms with Gasteiger partial charge < -0.3 is 10.6 Å². The van der Waals surface area contributed by atoms with Crippen molar-refractivity contribution >= 4 is 23.2 Å². The Morgan fingerprint density at radius 1 is 1.30 bits per heavy atom. The minimum absolute atomic E-state index is 0.0594. The molecule has 2 aromatic rings. The fraction of sp³-hybridized carbons (Fsp3) is 0.133. The van der Waals surface area contributed by atoms with Crippen molar-refractivity contribution in [3.8, 4) is 0 Å². The number of benzene rings is 1. The van der Waals surface area contributed by atoms with Gasteiger partial charge in [0.05, 0.1) is 23.4 Å². The summed E-state index contributed by atoms with van der Waals surface area (Å²) >= 11 is 0. The topological polar surface area (TPSA) is 114 Å². The summed E-state index contributed by atoms with van der Waals surface area (Å²) < 4.78 is 0. The van der Waals surface area contributed by atoms with Gasteiger partial charge in [-0.25, -0.2) is 0 Å². The number of hydrogen-bond acceptors (Lipinski definition) is 5. The third-order valence-corrected chi connectivity index (χ3v) is 3.01. The number of rotatable bonds is 5. The number of hydrogen-bond donors (Lipinski definition) is 2. The molecule has 8 nitrogen and oxygen atoms in total. The highest BCUT2D eigenvalue weighted by molar-refractivity contribution is 5.99. The van der Waals surface area contributed by atoms with Gasteiger partial charge in [0.15, 0.2) is 0 Å². The van der Waals surface area contributed by atoms with Crippen LogP contribution in [0.15, 0.2) is 42.7 Å². The number of nitrogens with one attached hydrogen (secondary N) is 2. The van der Waals surface area contributed by atoms with Crippen LogP contribution < -0.4 is 10.6 Å². The molecule has 0 spiro atoms. The van der Waals surface area contributed by atoms with E-state index in [0.29, 0.717) is 11.3 Å². The van der Waals surface area contributed by atoms with Crippen LogP contribution in [-0.2, 0) is 4.79 Å². The fourth-order valence-corrected chi connectivity index (χ4v) is 1.91. The molecule has 0 fully saturated rings. The lowest BCUT2D eigenvalue weighted by atomic mass is 10.1. The molecule has 1 aromatic heterocycles. The number of carbonyl (C=O) groups excluding carboxylic acids is 2. The Morgan fingerprint density at radius 3 is 2.70 bits per heavy atom. The number of anilines is 1. The van der Waals surface area contributed by atoms with Crippen LogP contribution in [0.1, 0.15) is 15.9 Å². The highest BCUT2D eigenvalue weighted by atomic mass is 16.6. The van der Waals surface area contributed by atoms with E-state index in [1.807, 2.05) is 0 Å². The second kappa shape index (κ2) is 7.12. The van der Waals surface area contributed by atoms with Gasteiger partial charge in [0, 0.05) is 23.4 Å². The van der Waals surface area contributed by atoms with E-state index in [1.54, 1.807) is 25.3 Å². The number of nitro groups is 1. The van der Waals surface area contributed by atoms with Crippen LogP contribution in [0.25, 0.3) is 0 Å². The molecule has 0 bridgehead atoms. The normalized spacial score (nSPS) is 9.96. The largest absolute Gasteiger partial charge is 0.343 e. The highest BCUT2D eigenvalue weighted by Crippen LogP contribution is 2.18. The van der Waals surface area contributed by atoms with Crippen LogP contribution in [0.4, 0.5) is 11.4 Å². The van der Waals surface area contributed by atoms with Crippen LogP contribution in [-0.4, -0.2) is 28.3 Å². The summed E-state index contributed by atoms with van der Waals surface area (Å²) in [5, 5.41) is 15.8. The van der Waals surface area contributed by atoms with E-state index in [2.05, 4.69) is 15.6 Å². The molecule has 0 aliphatic rings. The minimum atomic E-state index is -0.516. The molecule has 8 heteroatoms. The lowest BCUT2D eigenvalue weighted by Gasteiger charge is -2.07. The highest BCUT2D eigenvalue weighted by Gasteiger charge is 2.14. The van der Waals surface area contributed by atoms with Gasteiger partial charge in [0.25, 0.3) is 11.6 Å². The first-order valence-electron chi connectivity index (χ1n) is 6.70. The molecule has 23 heavy (non-hydrogen) atoms. The van der Waals surface area contributed by atoms with Crippen molar-refractivity contribution < 1.29 is 14.5 Å². The number of aromatic nitrogens is 1. The molecule has 0 aliphatic heterocycles. The Bertz CT molecular complexity index is 746. The maximum Gasteiger partial charge on any atom is 0.272 e. The molecule has 1 heterocycles. The van der Waals surface area contributed by atoms with Crippen LogP contribution in [0.5, 0.6) is 0 Å². The van der Waals surface area contributed by atoms with Crippen molar-refractivity contribution in [2.75, 3.05) is 11.9 Å². The van der Waals surface area contributed by atoms with Gasteiger partial charge in [-0.3, -0.25) is 24.7 Å². The number of aryl methyl sites for hydroxylation is 1. The smallest absolute Gasteiger partial charge is 0.272 e. The van der Waals surface area contributed by atoms with E-state index in [0.717, 1.165) is 0 Å². The van der Waals surface area contributed by atoms with Gasteiger partial charge in [-0.2, -0.15) is 0 Å². The Balaban J connectivity index is 1.93. The van der Waals surface area contributed by atoms with Crippen molar-refractivity contribution in [3.63, 3.8) is 0 Å². The molecular formula is C15H14N4O4. The molecule has 0 atom stereocenters. The molecule has 118 valence electrons. The molecule has 1 aromatic carbocycles. The lowest BCUT2D eigenvalue weighted by molar-refractivity contribution is -0.385.